The van der Waals surface area contributed by atoms with Gasteiger partial charge in [0.1, 0.15) is 5.82 Å². The van der Waals surface area contributed by atoms with Crippen LogP contribution in [0.4, 0.5) is 34.1 Å². The van der Waals surface area contributed by atoms with Crippen LogP contribution >= 0.6 is 11.5 Å². The van der Waals surface area contributed by atoms with Gasteiger partial charge in [-0.05, 0) is 67.3 Å². The Morgan fingerprint density at radius 3 is 2.57 bits per heavy atom. The summed E-state index contributed by atoms with van der Waals surface area (Å²) in [6.45, 7) is 0.662. The summed E-state index contributed by atoms with van der Waals surface area (Å²) in [5.41, 5.74) is 0.442. The number of carbonyl (C=O) groups excluding carboxylic acids is 1. The van der Waals surface area contributed by atoms with E-state index in [4.69, 9.17) is 4.74 Å². The van der Waals surface area contributed by atoms with Crippen LogP contribution in [0.25, 0.3) is 11.4 Å². The monoisotopic (exact) mass is 529 g/mol. The van der Waals surface area contributed by atoms with Gasteiger partial charge in [0.05, 0.1) is 12.2 Å². The van der Waals surface area contributed by atoms with Crippen LogP contribution in [-0.2, 0) is 6.18 Å². The summed E-state index contributed by atoms with van der Waals surface area (Å²) in [4.78, 5) is 20.9. The molecule has 2 aromatic carbocycles. The number of halogens is 4. The standard InChI is InChI=1S/C25H19F4N5O2S/c26-20-8-5-16(11-19(20)25(27,28)29)22-32-24(37-34-22)33-23(35)15-3-6-17(7-4-15)31-18-9-10-30-21(12-18)36-13-14-1-2-14/h3-12,14H,1-2,13H2,(H,30,31)(H,32,33,34,35). The molecule has 7 nitrogen and oxygen atoms in total. The van der Waals surface area contributed by atoms with Gasteiger partial charge in [-0.3, -0.25) is 10.1 Å². The minimum atomic E-state index is -4.85. The summed E-state index contributed by atoms with van der Waals surface area (Å²) in [6.07, 6.45) is -0.819. The van der Waals surface area contributed by atoms with E-state index in [-0.39, 0.29) is 16.5 Å². The van der Waals surface area contributed by atoms with Gasteiger partial charge in [0.25, 0.3) is 5.91 Å². The highest BCUT2D eigenvalue weighted by atomic mass is 32.1. The van der Waals surface area contributed by atoms with Gasteiger partial charge in [0.15, 0.2) is 5.82 Å². The van der Waals surface area contributed by atoms with Crippen molar-refractivity contribution >= 4 is 33.9 Å². The second kappa shape index (κ2) is 10.1. The quantitative estimate of drug-likeness (QED) is 0.252. The zero-order valence-corrected chi connectivity index (χ0v) is 19.9. The smallest absolute Gasteiger partial charge is 0.419 e. The molecule has 2 N–H and O–H groups in total. The maximum absolute atomic E-state index is 13.5. The molecule has 4 aromatic rings. The van der Waals surface area contributed by atoms with E-state index in [9.17, 15) is 22.4 Å². The lowest BCUT2D eigenvalue weighted by Crippen LogP contribution is -2.11. The highest BCUT2D eigenvalue weighted by molar-refractivity contribution is 7.10. The van der Waals surface area contributed by atoms with Crippen molar-refractivity contribution in [1.29, 1.82) is 0 Å². The SMILES string of the molecule is O=C(Nc1nc(-c2ccc(F)c(C(F)(F)F)c2)ns1)c1ccc(Nc2ccnc(OCC3CC3)c2)cc1. The summed E-state index contributed by atoms with van der Waals surface area (Å²) in [7, 11) is 0. The van der Waals surface area contributed by atoms with E-state index >= 15 is 0 Å². The third kappa shape index (κ3) is 6.20. The minimum absolute atomic E-state index is 0.0156. The zero-order chi connectivity index (χ0) is 26.0. The van der Waals surface area contributed by atoms with Crippen molar-refractivity contribution in [2.24, 2.45) is 5.92 Å². The molecular formula is C25H19F4N5O2S. The zero-order valence-electron chi connectivity index (χ0n) is 19.1. The molecule has 0 unspecified atom stereocenters. The highest BCUT2D eigenvalue weighted by Gasteiger charge is 2.34. The van der Waals surface area contributed by atoms with Gasteiger partial charge < -0.3 is 10.1 Å². The van der Waals surface area contributed by atoms with Crippen LogP contribution in [0, 0.1) is 11.7 Å². The van der Waals surface area contributed by atoms with Crippen molar-refractivity contribution in [2.75, 3.05) is 17.2 Å². The fourth-order valence-corrected chi connectivity index (χ4v) is 3.95. The Hall–Kier alpha value is -4.06. The molecule has 0 bridgehead atoms. The molecule has 37 heavy (non-hydrogen) atoms. The third-order valence-corrected chi connectivity index (χ3v) is 6.14. The first-order valence-electron chi connectivity index (χ1n) is 11.2. The second-order valence-electron chi connectivity index (χ2n) is 8.41. The van der Waals surface area contributed by atoms with Crippen molar-refractivity contribution in [3.63, 3.8) is 0 Å². The molecule has 1 aliphatic carbocycles. The largest absolute Gasteiger partial charge is 0.477 e. The predicted molar refractivity (Wildman–Crippen MR) is 130 cm³/mol. The Morgan fingerprint density at radius 2 is 1.84 bits per heavy atom. The number of rotatable bonds is 8. The molecule has 0 spiro atoms. The molecule has 1 aliphatic rings. The van der Waals surface area contributed by atoms with E-state index in [1.54, 1.807) is 42.6 Å². The number of alkyl halides is 3. The first-order valence-corrected chi connectivity index (χ1v) is 12.0. The number of nitrogens with one attached hydrogen (secondary N) is 2. The Morgan fingerprint density at radius 1 is 1.05 bits per heavy atom. The number of pyridine rings is 1. The maximum atomic E-state index is 13.5. The van der Waals surface area contributed by atoms with Gasteiger partial charge in [-0.2, -0.15) is 22.5 Å². The topological polar surface area (TPSA) is 89.0 Å². The summed E-state index contributed by atoms with van der Waals surface area (Å²) in [5.74, 6) is -0.745. The normalized spacial score (nSPS) is 13.3. The summed E-state index contributed by atoms with van der Waals surface area (Å²) in [5, 5.41) is 5.89. The Kier molecular flexibility index (Phi) is 6.74. The molecule has 1 saturated carbocycles. The van der Waals surface area contributed by atoms with E-state index in [0.29, 0.717) is 36.1 Å². The summed E-state index contributed by atoms with van der Waals surface area (Å²) < 4.78 is 62.2. The molecule has 0 radical (unpaired) electrons. The van der Waals surface area contributed by atoms with Crippen molar-refractivity contribution in [2.45, 2.75) is 19.0 Å². The van der Waals surface area contributed by atoms with Crippen molar-refractivity contribution in [3.05, 3.63) is 77.7 Å². The number of ether oxygens (including phenoxy) is 1. The number of carbonyl (C=O) groups is 1. The average Bonchev–Trinajstić information content (AvgIpc) is 3.59. The lowest BCUT2D eigenvalue weighted by atomic mass is 10.1. The molecule has 1 fully saturated rings. The molecule has 12 heteroatoms. The molecular weight excluding hydrogens is 510 g/mol. The number of hydrogen-bond acceptors (Lipinski definition) is 7. The minimum Gasteiger partial charge on any atom is -0.477 e. The molecule has 0 saturated heterocycles. The van der Waals surface area contributed by atoms with E-state index in [0.717, 1.165) is 29.0 Å². The lowest BCUT2D eigenvalue weighted by molar-refractivity contribution is -0.139. The van der Waals surface area contributed by atoms with E-state index < -0.39 is 23.5 Å². The van der Waals surface area contributed by atoms with E-state index in [2.05, 4.69) is 25.0 Å². The molecule has 5 rings (SSSR count). The van der Waals surface area contributed by atoms with Crippen LogP contribution in [0.15, 0.2) is 60.8 Å². The van der Waals surface area contributed by atoms with Crippen molar-refractivity contribution in [1.82, 2.24) is 14.3 Å². The van der Waals surface area contributed by atoms with Crippen LogP contribution in [0.3, 0.4) is 0 Å². The molecule has 2 aromatic heterocycles. The van der Waals surface area contributed by atoms with Crippen LogP contribution in [0.2, 0.25) is 0 Å². The van der Waals surface area contributed by atoms with Crippen LogP contribution < -0.4 is 15.4 Å². The lowest BCUT2D eigenvalue weighted by Gasteiger charge is -2.09. The fraction of sp³-hybridized carbons (Fsp3) is 0.200. The Bertz CT molecular complexity index is 1420. The number of hydrogen-bond donors (Lipinski definition) is 2. The number of aromatic nitrogens is 3. The first kappa shape index (κ1) is 24.6. The molecule has 0 aliphatic heterocycles. The maximum Gasteiger partial charge on any atom is 0.419 e. The van der Waals surface area contributed by atoms with Crippen LogP contribution in [-0.4, -0.2) is 26.9 Å². The molecule has 1 amide bonds. The molecule has 190 valence electrons. The Balaban J connectivity index is 1.21. The van der Waals surface area contributed by atoms with E-state index in [1.807, 2.05) is 0 Å². The predicted octanol–water partition coefficient (Wildman–Crippen LogP) is 6.54. The van der Waals surface area contributed by atoms with Gasteiger partial charge in [-0.15, -0.1) is 0 Å². The number of nitrogens with zero attached hydrogens (tertiary/aromatic N) is 3. The molecule has 0 atom stereocenters. The van der Waals surface area contributed by atoms with Crippen molar-refractivity contribution in [3.8, 4) is 17.3 Å². The fourth-order valence-electron chi connectivity index (χ4n) is 3.37. The average molecular weight is 530 g/mol. The third-order valence-electron chi connectivity index (χ3n) is 5.51. The van der Waals surface area contributed by atoms with Crippen molar-refractivity contribution < 1.29 is 27.1 Å². The second-order valence-corrected chi connectivity index (χ2v) is 9.16. The van der Waals surface area contributed by atoms with Gasteiger partial charge in [-0.1, -0.05) is 0 Å². The summed E-state index contributed by atoms with van der Waals surface area (Å²) >= 11 is 0.803. The molecule has 2 heterocycles. The van der Waals surface area contributed by atoms with Crippen LogP contribution in [0.5, 0.6) is 5.88 Å². The van der Waals surface area contributed by atoms with Gasteiger partial charge in [0, 0.05) is 46.3 Å². The highest BCUT2D eigenvalue weighted by Crippen LogP contribution is 2.34. The number of amides is 1. The summed E-state index contributed by atoms with van der Waals surface area (Å²) in [6, 6.07) is 12.8. The first-order chi connectivity index (χ1) is 17.7. The van der Waals surface area contributed by atoms with Gasteiger partial charge in [-0.25, -0.2) is 9.37 Å². The Labute approximate surface area is 212 Å². The van der Waals surface area contributed by atoms with Gasteiger partial charge >= 0.3 is 6.18 Å². The number of benzene rings is 2. The van der Waals surface area contributed by atoms with Gasteiger partial charge in [0.2, 0.25) is 11.0 Å². The number of anilines is 3. The van der Waals surface area contributed by atoms with E-state index in [1.165, 1.54) is 12.8 Å². The van der Waals surface area contributed by atoms with Crippen LogP contribution in [0.1, 0.15) is 28.8 Å².